The molecule has 0 aromatic heterocycles. The zero-order valence-electron chi connectivity index (χ0n) is 10.3. The van der Waals surface area contributed by atoms with Gasteiger partial charge in [-0.25, -0.2) is 0 Å². The average molecular weight is 278 g/mol. The molecule has 0 N–H and O–H groups in total. The van der Waals surface area contributed by atoms with Gasteiger partial charge in [0.15, 0.2) is 6.61 Å². The Morgan fingerprint density at radius 3 is 2.55 bits per heavy atom. The van der Waals surface area contributed by atoms with E-state index in [9.17, 15) is 19.7 Å². The normalized spacial score (nSPS) is 9.35. The van der Waals surface area contributed by atoms with Crippen molar-refractivity contribution in [3.05, 3.63) is 39.9 Å². The van der Waals surface area contributed by atoms with Crippen LogP contribution in [-0.4, -0.2) is 23.5 Å². The number of benzene rings is 1. The third-order valence-electron chi connectivity index (χ3n) is 2.16. The van der Waals surface area contributed by atoms with Gasteiger partial charge >= 0.3 is 11.9 Å². The van der Waals surface area contributed by atoms with E-state index in [4.69, 9.17) is 10.00 Å². The maximum absolute atomic E-state index is 11.3. The molecule has 0 spiro atoms. The molecule has 0 fully saturated rings. The molecule has 20 heavy (non-hydrogen) atoms. The summed E-state index contributed by atoms with van der Waals surface area (Å²) >= 11 is 0. The first kappa shape index (κ1) is 15.1. The van der Waals surface area contributed by atoms with Crippen LogP contribution in [0.2, 0.25) is 0 Å². The predicted molar refractivity (Wildman–Crippen MR) is 64.1 cm³/mol. The molecular weight excluding hydrogens is 268 g/mol. The number of ether oxygens (including phenoxy) is 2. The Hall–Kier alpha value is -2.95. The van der Waals surface area contributed by atoms with Gasteiger partial charge in [0.25, 0.3) is 5.69 Å². The van der Waals surface area contributed by atoms with Crippen molar-refractivity contribution in [3.8, 4) is 6.07 Å². The molecule has 0 radical (unpaired) electrons. The van der Waals surface area contributed by atoms with Crippen molar-refractivity contribution in [1.82, 2.24) is 0 Å². The zero-order chi connectivity index (χ0) is 15.0. The molecule has 0 atom stereocenters. The number of rotatable bonds is 6. The van der Waals surface area contributed by atoms with Crippen LogP contribution in [0.4, 0.5) is 5.69 Å². The molecule has 0 aliphatic carbocycles. The Balaban J connectivity index is 2.52. The van der Waals surface area contributed by atoms with Crippen molar-refractivity contribution in [2.24, 2.45) is 0 Å². The molecule has 0 amide bonds. The highest BCUT2D eigenvalue weighted by Gasteiger charge is 2.16. The van der Waals surface area contributed by atoms with Gasteiger partial charge in [-0.2, -0.15) is 5.26 Å². The third kappa shape index (κ3) is 4.73. The van der Waals surface area contributed by atoms with Crippen LogP contribution in [0.15, 0.2) is 24.3 Å². The summed E-state index contributed by atoms with van der Waals surface area (Å²) in [5.74, 6) is -1.77. The first-order valence-corrected chi connectivity index (χ1v) is 5.45. The molecular formula is C12H10N2O6. The van der Waals surface area contributed by atoms with Crippen molar-refractivity contribution < 1.29 is 24.0 Å². The lowest BCUT2D eigenvalue weighted by Gasteiger charge is -2.05. The van der Waals surface area contributed by atoms with E-state index < -0.39 is 29.9 Å². The van der Waals surface area contributed by atoms with Gasteiger partial charge in [0, 0.05) is 6.07 Å². The van der Waals surface area contributed by atoms with Crippen LogP contribution in [0.5, 0.6) is 0 Å². The number of hydrogen-bond acceptors (Lipinski definition) is 7. The fraction of sp³-hybridized carbons (Fsp3) is 0.250. The fourth-order valence-corrected chi connectivity index (χ4v) is 1.30. The largest absolute Gasteiger partial charge is 0.460 e. The summed E-state index contributed by atoms with van der Waals surface area (Å²) < 4.78 is 9.11. The molecule has 0 saturated heterocycles. The Kier molecular flexibility index (Phi) is 5.65. The van der Waals surface area contributed by atoms with Crippen LogP contribution in [0.1, 0.15) is 12.0 Å². The summed E-state index contributed by atoms with van der Waals surface area (Å²) in [6.07, 6.45) is -0.650. The number of esters is 2. The van der Waals surface area contributed by atoms with Crippen LogP contribution >= 0.6 is 0 Å². The van der Waals surface area contributed by atoms with Gasteiger partial charge in [-0.3, -0.25) is 19.7 Å². The van der Waals surface area contributed by atoms with Crippen LogP contribution < -0.4 is 0 Å². The first-order chi connectivity index (χ1) is 9.54. The third-order valence-corrected chi connectivity index (χ3v) is 2.16. The number of nitro groups is 1. The number of hydrogen-bond donors (Lipinski definition) is 0. The van der Waals surface area contributed by atoms with Crippen LogP contribution in [-0.2, 0) is 25.7 Å². The van der Waals surface area contributed by atoms with Gasteiger partial charge in [-0.05, 0) is 6.07 Å². The lowest BCUT2D eigenvalue weighted by Crippen LogP contribution is -2.14. The highest BCUT2D eigenvalue weighted by atomic mass is 16.6. The molecule has 1 aromatic carbocycles. The molecule has 0 aliphatic heterocycles. The highest BCUT2D eigenvalue weighted by molar-refractivity contribution is 5.91. The second-order valence-electron chi connectivity index (χ2n) is 3.54. The van der Waals surface area contributed by atoms with Gasteiger partial charge in [-0.1, -0.05) is 12.1 Å². The SMILES string of the molecule is N#CCOC(=O)CC(=O)OCc1ccccc1[N+](=O)[O-]. The monoisotopic (exact) mass is 278 g/mol. The predicted octanol–water partition coefficient (Wildman–Crippen LogP) is 1.09. The van der Waals surface area contributed by atoms with Gasteiger partial charge in [0.05, 0.1) is 10.5 Å². The number of nitrogens with zero attached hydrogens (tertiary/aromatic N) is 2. The van der Waals surface area contributed by atoms with Crippen molar-refractivity contribution in [1.29, 1.82) is 5.26 Å². The van der Waals surface area contributed by atoms with E-state index >= 15 is 0 Å². The topological polar surface area (TPSA) is 120 Å². The number of carbonyl (C=O) groups is 2. The summed E-state index contributed by atoms with van der Waals surface area (Å²) in [6, 6.07) is 7.36. The van der Waals surface area contributed by atoms with Gasteiger partial charge in [-0.15, -0.1) is 0 Å². The number of nitriles is 1. The molecule has 0 unspecified atom stereocenters. The minimum Gasteiger partial charge on any atom is -0.460 e. The standard InChI is InChI=1S/C12H10N2O6/c13-5-6-19-11(15)7-12(16)20-8-9-3-1-2-4-10(9)14(17)18/h1-4H,6-8H2. The zero-order valence-corrected chi connectivity index (χ0v) is 10.3. The van der Waals surface area contributed by atoms with Crippen molar-refractivity contribution in [2.45, 2.75) is 13.0 Å². The summed E-state index contributed by atoms with van der Waals surface area (Å²) in [6.45, 7) is -0.766. The minimum absolute atomic E-state index is 0.174. The highest BCUT2D eigenvalue weighted by Crippen LogP contribution is 2.18. The summed E-state index contributed by atoms with van der Waals surface area (Å²) in [4.78, 5) is 32.4. The summed E-state index contributed by atoms with van der Waals surface area (Å²) in [7, 11) is 0. The molecule has 8 heteroatoms. The maximum Gasteiger partial charge on any atom is 0.318 e. The smallest absolute Gasteiger partial charge is 0.318 e. The van der Waals surface area contributed by atoms with Gasteiger partial charge in [0.2, 0.25) is 0 Å². The Morgan fingerprint density at radius 2 is 1.90 bits per heavy atom. The van der Waals surface area contributed by atoms with Crippen LogP contribution in [0.25, 0.3) is 0 Å². The van der Waals surface area contributed by atoms with E-state index in [0.29, 0.717) is 0 Å². The van der Waals surface area contributed by atoms with E-state index in [1.807, 2.05) is 0 Å². The average Bonchev–Trinajstić information content (AvgIpc) is 2.43. The molecule has 1 aromatic rings. The van der Waals surface area contributed by atoms with E-state index in [-0.39, 0.29) is 17.9 Å². The van der Waals surface area contributed by atoms with E-state index in [1.54, 1.807) is 12.1 Å². The molecule has 0 saturated carbocycles. The lowest BCUT2D eigenvalue weighted by molar-refractivity contribution is -0.385. The Morgan fingerprint density at radius 1 is 1.25 bits per heavy atom. The number of nitro benzene ring substituents is 1. The molecule has 0 heterocycles. The summed E-state index contributed by atoms with van der Waals surface area (Å²) in [5, 5.41) is 18.9. The quantitative estimate of drug-likeness (QED) is 0.330. The first-order valence-electron chi connectivity index (χ1n) is 5.45. The summed E-state index contributed by atoms with van der Waals surface area (Å²) in [5.41, 5.74) is 0.0450. The van der Waals surface area contributed by atoms with Gasteiger partial charge < -0.3 is 9.47 Å². The number of carbonyl (C=O) groups excluding carboxylic acids is 2. The maximum atomic E-state index is 11.3. The second-order valence-corrected chi connectivity index (χ2v) is 3.54. The van der Waals surface area contributed by atoms with Crippen molar-refractivity contribution >= 4 is 17.6 Å². The molecule has 1 rings (SSSR count). The molecule has 0 aliphatic rings. The van der Waals surface area contributed by atoms with E-state index in [2.05, 4.69) is 4.74 Å². The van der Waals surface area contributed by atoms with E-state index in [1.165, 1.54) is 18.2 Å². The lowest BCUT2D eigenvalue weighted by atomic mass is 10.2. The Bertz CT molecular complexity index is 563. The Labute approximate surface area is 113 Å². The number of para-hydroxylation sites is 1. The van der Waals surface area contributed by atoms with Crippen molar-refractivity contribution in [3.63, 3.8) is 0 Å². The van der Waals surface area contributed by atoms with Crippen molar-refractivity contribution in [2.75, 3.05) is 6.61 Å². The fourth-order valence-electron chi connectivity index (χ4n) is 1.30. The van der Waals surface area contributed by atoms with Gasteiger partial charge in [0.1, 0.15) is 19.1 Å². The second kappa shape index (κ2) is 7.48. The van der Waals surface area contributed by atoms with Crippen LogP contribution in [0.3, 0.4) is 0 Å². The molecule has 8 nitrogen and oxygen atoms in total. The van der Waals surface area contributed by atoms with E-state index in [0.717, 1.165) is 0 Å². The molecule has 104 valence electrons. The molecule has 0 bridgehead atoms. The minimum atomic E-state index is -0.890. The van der Waals surface area contributed by atoms with Crippen LogP contribution in [0, 0.1) is 21.4 Å².